The van der Waals surface area contributed by atoms with Gasteiger partial charge in [-0.25, -0.2) is 9.78 Å². The number of amides is 1. The Morgan fingerprint density at radius 3 is 2.68 bits per heavy atom. The quantitative estimate of drug-likeness (QED) is 0.564. The topological polar surface area (TPSA) is 93.5 Å². The Kier molecular flexibility index (Phi) is 4.47. The van der Waals surface area contributed by atoms with Crippen LogP contribution in [0.15, 0.2) is 61.2 Å². The van der Waals surface area contributed by atoms with Gasteiger partial charge in [-0.2, -0.15) is 0 Å². The summed E-state index contributed by atoms with van der Waals surface area (Å²) in [6, 6.07) is 11.1. The summed E-state index contributed by atoms with van der Waals surface area (Å²) in [5.74, 6) is -1.17. The van der Waals surface area contributed by atoms with Crippen LogP contribution in [0, 0.1) is 0 Å². The zero-order chi connectivity index (χ0) is 17.8. The van der Waals surface area contributed by atoms with Gasteiger partial charge in [0.05, 0.1) is 24.7 Å². The molecular weight excluding hydrogens is 322 g/mol. The molecule has 1 amide bonds. The molecule has 1 heterocycles. The summed E-state index contributed by atoms with van der Waals surface area (Å²) in [5, 5.41) is 12.6. The van der Waals surface area contributed by atoms with Crippen LogP contribution in [0.25, 0.3) is 5.69 Å². The highest BCUT2D eigenvalue weighted by atomic mass is 16.5. The highest BCUT2D eigenvalue weighted by Crippen LogP contribution is 2.25. The van der Waals surface area contributed by atoms with Crippen molar-refractivity contribution in [3.8, 4) is 11.4 Å². The number of aromatic nitrogens is 2. The van der Waals surface area contributed by atoms with Crippen LogP contribution in [0.2, 0.25) is 0 Å². The summed E-state index contributed by atoms with van der Waals surface area (Å²) in [6.07, 6.45) is 5.05. The van der Waals surface area contributed by atoms with Gasteiger partial charge in [0, 0.05) is 23.6 Å². The maximum Gasteiger partial charge on any atom is 0.337 e. The number of phenols is 1. The molecule has 0 aliphatic heterocycles. The van der Waals surface area contributed by atoms with E-state index in [4.69, 9.17) is 0 Å². The maximum absolute atomic E-state index is 12.4. The molecule has 2 aromatic carbocycles. The van der Waals surface area contributed by atoms with Gasteiger partial charge in [-0.3, -0.25) is 4.79 Å². The van der Waals surface area contributed by atoms with Crippen molar-refractivity contribution in [2.75, 3.05) is 12.4 Å². The molecule has 0 aliphatic rings. The van der Waals surface area contributed by atoms with Gasteiger partial charge >= 0.3 is 5.97 Å². The number of carbonyl (C=O) groups is 2. The van der Waals surface area contributed by atoms with E-state index in [1.54, 1.807) is 41.5 Å². The Morgan fingerprint density at radius 2 is 2.00 bits per heavy atom. The highest BCUT2D eigenvalue weighted by Gasteiger charge is 2.13. The fourth-order valence-corrected chi connectivity index (χ4v) is 2.30. The van der Waals surface area contributed by atoms with Gasteiger partial charge < -0.3 is 19.7 Å². The zero-order valence-electron chi connectivity index (χ0n) is 13.3. The number of hydrogen-bond donors (Lipinski definition) is 2. The fourth-order valence-electron chi connectivity index (χ4n) is 2.30. The van der Waals surface area contributed by atoms with Crippen molar-refractivity contribution in [2.24, 2.45) is 0 Å². The second kappa shape index (κ2) is 6.88. The molecule has 0 saturated heterocycles. The molecule has 0 aliphatic carbocycles. The van der Waals surface area contributed by atoms with E-state index in [0.29, 0.717) is 5.56 Å². The molecule has 0 bridgehead atoms. The van der Waals surface area contributed by atoms with Crippen LogP contribution in [0.3, 0.4) is 0 Å². The zero-order valence-corrected chi connectivity index (χ0v) is 13.3. The first-order chi connectivity index (χ1) is 12.1. The normalized spacial score (nSPS) is 10.3. The van der Waals surface area contributed by atoms with Gasteiger partial charge in [0.15, 0.2) is 0 Å². The van der Waals surface area contributed by atoms with Gasteiger partial charge in [0.1, 0.15) is 5.75 Å². The average molecular weight is 337 g/mol. The van der Waals surface area contributed by atoms with E-state index in [-0.39, 0.29) is 22.9 Å². The number of benzene rings is 2. The number of imidazole rings is 1. The predicted molar refractivity (Wildman–Crippen MR) is 91.0 cm³/mol. The van der Waals surface area contributed by atoms with Crippen LogP contribution in [0.4, 0.5) is 5.69 Å². The number of carbonyl (C=O) groups excluding carboxylic acids is 2. The first kappa shape index (κ1) is 16.3. The number of nitrogens with one attached hydrogen (secondary N) is 1. The van der Waals surface area contributed by atoms with Crippen molar-refractivity contribution in [3.05, 3.63) is 72.3 Å². The summed E-state index contributed by atoms with van der Waals surface area (Å²) in [4.78, 5) is 27.8. The third-order valence-corrected chi connectivity index (χ3v) is 3.58. The second-order valence-corrected chi connectivity index (χ2v) is 5.20. The van der Waals surface area contributed by atoms with Crippen LogP contribution in [-0.4, -0.2) is 33.6 Å². The third kappa shape index (κ3) is 3.50. The average Bonchev–Trinajstić information content (AvgIpc) is 3.17. The van der Waals surface area contributed by atoms with E-state index < -0.39 is 5.97 Å². The molecule has 2 N–H and O–H groups in total. The lowest BCUT2D eigenvalue weighted by molar-refractivity contribution is 0.0600. The predicted octanol–water partition coefficient (Wildman–Crippen LogP) is 2.62. The molecule has 0 fully saturated rings. The first-order valence-electron chi connectivity index (χ1n) is 7.39. The molecule has 1 aromatic heterocycles. The van der Waals surface area contributed by atoms with Gasteiger partial charge in [0.2, 0.25) is 0 Å². The molecule has 7 nitrogen and oxygen atoms in total. The van der Waals surface area contributed by atoms with Crippen molar-refractivity contribution in [1.29, 1.82) is 0 Å². The Morgan fingerprint density at radius 1 is 1.16 bits per heavy atom. The minimum absolute atomic E-state index is 0.195. The Balaban J connectivity index is 1.81. The van der Waals surface area contributed by atoms with Gasteiger partial charge in [-0.1, -0.05) is 6.07 Å². The summed E-state index contributed by atoms with van der Waals surface area (Å²) < 4.78 is 6.36. The number of phenolic OH excluding ortho intramolecular Hbond substituents is 1. The van der Waals surface area contributed by atoms with E-state index >= 15 is 0 Å². The molecule has 3 rings (SSSR count). The molecule has 0 saturated carbocycles. The summed E-state index contributed by atoms with van der Waals surface area (Å²) in [7, 11) is 1.25. The van der Waals surface area contributed by atoms with E-state index in [9.17, 15) is 14.7 Å². The molecule has 126 valence electrons. The number of ether oxygens (including phenoxy) is 1. The van der Waals surface area contributed by atoms with Crippen LogP contribution in [-0.2, 0) is 4.74 Å². The minimum Gasteiger partial charge on any atom is -0.506 e. The number of anilines is 1. The van der Waals surface area contributed by atoms with Crippen LogP contribution in [0.5, 0.6) is 5.75 Å². The number of methoxy groups -OCH3 is 1. The first-order valence-corrected chi connectivity index (χ1v) is 7.39. The summed E-state index contributed by atoms with van der Waals surface area (Å²) in [5.41, 5.74) is 1.60. The second-order valence-electron chi connectivity index (χ2n) is 5.20. The SMILES string of the molecule is COC(=O)c1ccc(NC(=O)c2cccc(-n3ccnc3)c2)c(O)c1. The largest absolute Gasteiger partial charge is 0.506 e. The standard InChI is InChI=1S/C18H15N3O4/c1-25-18(24)13-5-6-15(16(22)10-13)20-17(23)12-3-2-4-14(9-12)21-8-7-19-11-21/h2-11,22H,1H3,(H,20,23). The van der Waals surface area contributed by atoms with Crippen LogP contribution in [0.1, 0.15) is 20.7 Å². The van der Waals surface area contributed by atoms with E-state index in [1.807, 2.05) is 6.07 Å². The monoisotopic (exact) mass is 337 g/mol. The lowest BCUT2D eigenvalue weighted by atomic mass is 10.1. The number of rotatable bonds is 4. The van der Waals surface area contributed by atoms with E-state index in [0.717, 1.165) is 5.69 Å². The lowest BCUT2D eigenvalue weighted by Gasteiger charge is -2.10. The fraction of sp³-hybridized carbons (Fsp3) is 0.0556. The number of esters is 1. The number of nitrogens with zero attached hydrogens (tertiary/aromatic N) is 2. The summed E-state index contributed by atoms with van der Waals surface area (Å²) >= 11 is 0. The van der Waals surface area contributed by atoms with Crippen LogP contribution >= 0.6 is 0 Å². The third-order valence-electron chi connectivity index (χ3n) is 3.58. The van der Waals surface area contributed by atoms with E-state index in [1.165, 1.54) is 25.3 Å². The molecule has 7 heteroatoms. The van der Waals surface area contributed by atoms with Gasteiger partial charge in [-0.15, -0.1) is 0 Å². The van der Waals surface area contributed by atoms with Gasteiger partial charge in [-0.05, 0) is 36.4 Å². The number of aromatic hydroxyl groups is 1. The molecule has 25 heavy (non-hydrogen) atoms. The van der Waals surface area contributed by atoms with Crippen molar-refractivity contribution in [2.45, 2.75) is 0 Å². The van der Waals surface area contributed by atoms with Crippen molar-refractivity contribution >= 4 is 17.6 Å². The minimum atomic E-state index is -0.568. The Labute approximate surface area is 143 Å². The Hall–Kier alpha value is -3.61. The maximum atomic E-state index is 12.4. The molecule has 3 aromatic rings. The Bertz CT molecular complexity index is 920. The molecule has 0 radical (unpaired) electrons. The van der Waals surface area contributed by atoms with Gasteiger partial charge in [0.25, 0.3) is 5.91 Å². The van der Waals surface area contributed by atoms with Crippen molar-refractivity contribution < 1.29 is 19.4 Å². The molecular formula is C18H15N3O4. The lowest BCUT2D eigenvalue weighted by Crippen LogP contribution is -2.12. The smallest absolute Gasteiger partial charge is 0.337 e. The van der Waals surface area contributed by atoms with Crippen molar-refractivity contribution in [1.82, 2.24) is 9.55 Å². The molecule has 0 unspecified atom stereocenters. The van der Waals surface area contributed by atoms with Crippen molar-refractivity contribution in [3.63, 3.8) is 0 Å². The van der Waals surface area contributed by atoms with E-state index in [2.05, 4.69) is 15.0 Å². The molecule has 0 atom stereocenters. The molecule has 0 spiro atoms. The highest BCUT2D eigenvalue weighted by molar-refractivity contribution is 6.05. The summed E-state index contributed by atoms with van der Waals surface area (Å²) in [6.45, 7) is 0. The van der Waals surface area contributed by atoms with Crippen LogP contribution < -0.4 is 5.32 Å². The number of hydrogen-bond acceptors (Lipinski definition) is 5.